The van der Waals surface area contributed by atoms with Crippen LogP contribution in [-0.2, 0) is 0 Å². The first kappa shape index (κ1) is 25.4. The predicted molar refractivity (Wildman–Crippen MR) is 204 cm³/mol. The number of hydrogen-bond donors (Lipinski definition) is 0. The highest BCUT2D eigenvalue weighted by Gasteiger charge is 2.28. The molecule has 0 aliphatic rings. The Bertz CT molecular complexity index is 3230. The molecule has 0 amide bonds. The van der Waals surface area contributed by atoms with Crippen molar-refractivity contribution in [3.8, 4) is 0 Å². The van der Waals surface area contributed by atoms with Gasteiger partial charge in [-0.3, -0.25) is 8.80 Å². The Labute approximate surface area is 279 Å². The van der Waals surface area contributed by atoms with Crippen LogP contribution in [0.5, 0.6) is 0 Å². The Balaban J connectivity index is 1.32. The minimum atomic E-state index is 0.879. The molecule has 0 spiro atoms. The molecule has 0 bridgehead atoms. The third-order valence-corrected chi connectivity index (χ3v) is 10.5. The number of aromatic nitrogens is 4. The van der Waals surface area contributed by atoms with Gasteiger partial charge in [0, 0.05) is 49.1 Å². The summed E-state index contributed by atoms with van der Waals surface area (Å²) in [7, 11) is 0. The first-order valence-electron chi connectivity index (χ1n) is 16.7. The summed E-state index contributed by atoms with van der Waals surface area (Å²) in [5.74, 6) is 0. The molecule has 5 heterocycles. The van der Waals surface area contributed by atoms with E-state index in [1.807, 2.05) is 0 Å². The molecule has 0 atom stereocenters. The highest BCUT2D eigenvalue weighted by Crippen LogP contribution is 2.49. The first-order valence-corrected chi connectivity index (χ1v) is 16.7. The number of para-hydroxylation sites is 5. The summed E-state index contributed by atoms with van der Waals surface area (Å²) in [6.07, 6.45) is 0. The van der Waals surface area contributed by atoms with Gasteiger partial charge in [0.25, 0.3) is 0 Å². The predicted octanol–water partition coefficient (Wildman–Crippen LogP) is 11.4. The highest BCUT2D eigenvalue weighted by atomic mass is 15.2. The number of nitrogens with zero attached hydrogens (tertiary/aromatic N) is 5. The van der Waals surface area contributed by atoms with Crippen LogP contribution in [0, 0.1) is 0 Å². The van der Waals surface area contributed by atoms with Gasteiger partial charge in [-0.2, -0.15) is 0 Å². The van der Waals surface area contributed by atoms with E-state index in [-0.39, 0.29) is 0 Å². The Morgan fingerprint density at radius 3 is 1.59 bits per heavy atom. The Hall–Kier alpha value is -6.72. The molecule has 12 rings (SSSR count). The van der Waals surface area contributed by atoms with Crippen molar-refractivity contribution < 1.29 is 0 Å². The summed E-state index contributed by atoms with van der Waals surface area (Å²) >= 11 is 0. The lowest BCUT2D eigenvalue weighted by Gasteiger charge is -2.28. The van der Waals surface area contributed by atoms with Crippen LogP contribution in [0.25, 0.3) is 87.5 Å². The summed E-state index contributed by atoms with van der Waals surface area (Å²) < 4.78 is 4.72. The largest absolute Gasteiger partial charge is 0.308 e. The summed E-state index contributed by atoms with van der Waals surface area (Å²) in [4.78, 5) is 13.5. The fourth-order valence-electron chi connectivity index (χ4n) is 8.57. The summed E-state index contributed by atoms with van der Waals surface area (Å²) in [5, 5.41) is 9.50. The molecule has 0 aliphatic heterocycles. The molecule has 0 saturated carbocycles. The molecule has 0 fully saturated rings. The van der Waals surface area contributed by atoms with Crippen LogP contribution in [0.15, 0.2) is 152 Å². The van der Waals surface area contributed by atoms with Gasteiger partial charge in [0.1, 0.15) is 11.0 Å². The van der Waals surface area contributed by atoms with E-state index in [4.69, 9.17) is 9.97 Å². The minimum Gasteiger partial charge on any atom is -0.308 e. The topological polar surface area (TPSA) is 37.8 Å². The zero-order chi connectivity index (χ0) is 31.8. The lowest BCUT2D eigenvalue weighted by Crippen LogP contribution is -2.11. The second-order valence-corrected chi connectivity index (χ2v) is 13.0. The van der Waals surface area contributed by atoms with E-state index in [1.165, 1.54) is 37.8 Å². The number of hydrogen-bond acceptors (Lipinski definition) is 3. The smallest absolute Gasteiger partial charge is 0.165 e. The molecule has 0 aliphatic carbocycles. The fourth-order valence-corrected chi connectivity index (χ4v) is 8.57. The van der Waals surface area contributed by atoms with Gasteiger partial charge in [-0.05, 0) is 41.8 Å². The van der Waals surface area contributed by atoms with Gasteiger partial charge in [-0.15, -0.1) is 0 Å². The molecule has 0 N–H and O–H groups in total. The normalized spacial score (nSPS) is 12.5. The number of anilines is 3. The van der Waals surface area contributed by atoms with Crippen LogP contribution in [0.2, 0.25) is 0 Å². The molecule has 5 aromatic heterocycles. The third kappa shape index (κ3) is 3.10. The van der Waals surface area contributed by atoms with Gasteiger partial charge < -0.3 is 4.90 Å². The first-order chi connectivity index (χ1) is 24.3. The monoisotopic (exact) mass is 623 g/mol. The van der Waals surface area contributed by atoms with Crippen LogP contribution in [0.3, 0.4) is 0 Å². The van der Waals surface area contributed by atoms with Gasteiger partial charge in [0.05, 0.1) is 27.8 Å². The van der Waals surface area contributed by atoms with E-state index in [0.717, 1.165) is 66.7 Å². The Morgan fingerprint density at radius 2 is 0.898 bits per heavy atom. The standard InChI is InChI=1S/C44H25N5/c1-3-14-27(15-4-1)47(28-16-5-2-6-17-28)41-29-18-8-7-13-26(29)25-35-32-21-12-23-34-38-44(49(40(32)34)42(35)41)46-37-33-22-11-20-31-30-19-9-10-24-36(30)48(39(31)33)43(37)45-38/h1-25H. The molecule has 7 aromatic carbocycles. The van der Waals surface area contributed by atoms with Crippen LogP contribution in [-0.4, -0.2) is 18.8 Å². The van der Waals surface area contributed by atoms with E-state index in [2.05, 4.69) is 165 Å². The van der Waals surface area contributed by atoms with Crippen LogP contribution < -0.4 is 4.90 Å². The molecule has 0 unspecified atom stereocenters. The van der Waals surface area contributed by atoms with Crippen molar-refractivity contribution in [1.29, 1.82) is 0 Å². The molecule has 5 heteroatoms. The lowest BCUT2D eigenvalue weighted by molar-refractivity contribution is 1.24. The van der Waals surface area contributed by atoms with Gasteiger partial charge >= 0.3 is 0 Å². The molecule has 5 nitrogen and oxygen atoms in total. The van der Waals surface area contributed by atoms with Gasteiger partial charge in [0.2, 0.25) is 0 Å². The second-order valence-electron chi connectivity index (χ2n) is 13.0. The number of fused-ring (bicyclic) bond motifs is 13. The van der Waals surface area contributed by atoms with Crippen molar-refractivity contribution in [3.63, 3.8) is 0 Å². The van der Waals surface area contributed by atoms with Crippen molar-refractivity contribution in [1.82, 2.24) is 18.8 Å². The average molecular weight is 624 g/mol. The minimum absolute atomic E-state index is 0.879. The van der Waals surface area contributed by atoms with Gasteiger partial charge in [-0.1, -0.05) is 115 Å². The van der Waals surface area contributed by atoms with Gasteiger partial charge in [0.15, 0.2) is 11.3 Å². The highest BCUT2D eigenvalue weighted by molar-refractivity contribution is 6.29. The Morgan fingerprint density at radius 1 is 0.388 bits per heavy atom. The number of rotatable bonds is 3. The molecule has 0 saturated heterocycles. The molecular weight excluding hydrogens is 599 g/mol. The summed E-state index contributed by atoms with van der Waals surface area (Å²) in [6.45, 7) is 0. The maximum absolute atomic E-state index is 5.60. The maximum atomic E-state index is 5.60. The Kier molecular flexibility index (Phi) is 4.66. The van der Waals surface area contributed by atoms with Gasteiger partial charge in [-0.25, -0.2) is 9.97 Å². The van der Waals surface area contributed by atoms with E-state index in [1.54, 1.807) is 0 Å². The average Bonchev–Trinajstić information content (AvgIpc) is 3.88. The third-order valence-electron chi connectivity index (χ3n) is 10.5. The summed E-state index contributed by atoms with van der Waals surface area (Å²) in [5.41, 5.74) is 11.6. The molecule has 226 valence electrons. The van der Waals surface area contributed by atoms with Crippen molar-refractivity contribution in [2.45, 2.75) is 0 Å². The maximum Gasteiger partial charge on any atom is 0.165 e. The molecular formula is C44H25N5. The molecule has 49 heavy (non-hydrogen) atoms. The van der Waals surface area contributed by atoms with Crippen molar-refractivity contribution in [3.05, 3.63) is 152 Å². The molecule has 12 aromatic rings. The zero-order valence-corrected chi connectivity index (χ0v) is 26.2. The molecule has 0 radical (unpaired) electrons. The van der Waals surface area contributed by atoms with E-state index < -0.39 is 0 Å². The van der Waals surface area contributed by atoms with Crippen molar-refractivity contribution in [2.24, 2.45) is 0 Å². The van der Waals surface area contributed by atoms with Crippen LogP contribution >= 0.6 is 0 Å². The quantitative estimate of drug-likeness (QED) is 0.197. The van der Waals surface area contributed by atoms with E-state index in [9.17, 15) is 0 Å². The second kappa shape index (κ2) is 9.00. The van der Waals surface area contributed by atoms with Crippen molar-refractivity contribution in [2.75, 3.05) is 4.90 Å². The SMILES string of the molecule is c1ccc(N(c2ccccc2)c2c3ccccc3cc3c4cccc5c6nc7c(nc6n(c23)c45)c2cccc3c4ccccc4n7c32)cc1. The lowest BCUT2D eigenvalue weighted by atomic mass is 10.0. The van der Waals surface area contributed by atoms with Crippen molar-refractivity contribution >= 4 is 105 Å². The van der Waals surface area contributed by atoms with Crippen LogP contribution in [0.1, 0.15) is 0 Å². The number of benzene rings is 7. The zero-order valence-electron chi connectivity index (χ0n) is 26.2. The van der Waals surface area contributed by atoms with E-state index in [0.29, 0.717) is 0 Å². The van der Waals surface area contributed by atoms with Crippen LogP contribution in [0.4, 0.5) is 17.1 Å². The van der Waals surface area contributed by atoms with E-state index >= 15 is 0 Å². The summed E-state index contributed by atoms with van der Waals surface area (Å²) in [6, 6.07) is 54.3. The fraction of sp³-hybridized carbons (Fsp3) is 0.